The lowest BCUT2D eigenvalue weighted by Crippen LogP contribution is -2.34. The molecule has 0 spiro atoms. The summed E-state index contributed by atoms with van der Waals surface area (Å²) in [7, 11) is 0.415. The Morgan fingerprint density at radius 3 is 2.45 bits per heavy atom. The van der Waals surface area contributed by atoms with Crippen molar-refractivity contribution in [2.24, 2.45) is 0 Å². The van der Waals surface area contributed by atoms with Crippen LogP contribution in [0.5, 0.6) is 0 Å². The van der Waals surface area contributed by atoms with Crippen molar-refractivity contribution in [3.05, 3.63) is 51.7 Å². The summed E-state index contributed by atoms with van der Waals surface area (Å²) in [6.45, 7) is 4.24. The monoisotopic (exact) mass is 338 g/mol. The maximum absolute atomic E-state index is 12.5. The van der Waals surface area contributed by atoms with E-state index in [1.54, 1.807) is 23.5 Å². The first kappa shape index (κ1) is 17.1. The number of hydrogen-bond donors (Lipinski definition) is 1. The number of nitrogens with one attached hydrogen (secondary N) is 1. The third-order valence-corrected chi connectivity index (χ3v) is 6.15. The molecule has 6 heteroatoms. The van der Waals surface area contributed by atoms with Crippen LogP contribution in [0, 0.1) is 13.8 Å². The number of thiophene rings is 1. The quantitative estimate of drug-likeness (QED) is 0.881. The smallest absolute Gasteiger partial charge is 0.240 e. The average Bonchev–Trinajstić information content (AvgIpc) is 2.95. The number of sulfonamides is 1. The number of aryl methyl sites for hydroxylation is 2. The van der Waals surface area contributed by atoms with Crippen LogP contribution in [0.3, 0.4) is 0 Å². The molecule has 22 heavy (non-hydrogen) atoms. The Bertz CT molecular complexity index is 723. The fraction of sp³-hybridized carbons (Fsp3) is 0.375. The van der Waals surface area contributed by atoms with Gasteiger partial charge in [0.2, 0.25) is 10.0 Å². The SMILES string of the molecule is Cc1ccc(S(=O)(=O)NCC(c2cccs2)N(C)C)cc1C. The average molecular weight is 338 g/mol. The van der Waals surface area contributed by atoms with Crippen LogP contribution in [-0.2, 0) is 10.0 Å². The molecule has 0 saturated carbocycles. The van der Waals surface area contributed by atoms with Crippen molar-refractivity contribution in [1.29, 1.82) is 0 Å². The Hall–Kier alpha value is -1.21. The van der Waals surface area contributed by atoms with E-state index in [1.807, 2.05) is 56.4 Å². The van der Waals surface area contributed by atoms with Crippen LogP contribution in [-0.4, -0.2) is 34.0 Å². The second-order valence-electron chi connectivity index (χ2n) is 5.59. The summed E-state index contributed by atoms with van der Waals surface area (Å²) in [6, 6.07) is 9.25. The van der Waals surface area contributed by atoms with Gasteiger partial charge in [-0.3, -0.25) is 0 Å². The van der Waals surface area contributed by atoms with Gasteiger partial charge in [0.05, 0.1) is 10.9 Å². The summed E-state index contributed by atoms with van der Waals surface area (Å²) in [5.41, 5.74) is 2.06. The molecule has 1 heterocycles. The molecule has 0 radical (unpaired) electrons. The summed E-state index contributed by atoms with van der Waals surface area (Å²) >= 11 is 1.63. The summed E-state index contributed by atoms with van der Waals surface area (Å²) < 4.78 is 27.7. The van der Waals surface area contributed by atoms with Crippen LogP contribution in [0.2, 0.25) is 0 Å². The van der Waals surface area contributed by atoms with Crippen LogP contribution in [0.15, 0.2) is 40.6 Å². The molecule has 2 rings (SSSR count). The maximum Gasteiger partial charge on any atom is 0.240 e. The van der Waals surface area contributed by atoms with Gasteiger partial charge in [-0.25, -0.2) is 13.1 Å². The maximum atomic E-state index is 12.5. The van der Waals surface area contributed by atoms with E-state index >= 15 is 0 Å². The fourth-order valence-electron chi connectivity index (χ4n) is 2.17. The second-order valence-corrected chi connectivity index (χ2v) is 8.34. The third kappa shape index (κ3) is 3.95. The highest BCUT2D eigenvalue weighted by atomic mass is 32.2. The lowest BCUT2D eigenvalue weighted by molar-refractivity contribution is 0.303. The zero-order chi connectivity index (χ0) is 16.3. The molecule has 0 aliphatic rings. The molecule has 1 aromatic carbocycles. The van der Waals surface area contributed by atoms with E-state index in [4.69, 9.17) is 0 Å². The summed E-state index contributed by atoms with van der Waals surface area (Å²) in [4.78, 5) is 3.49. The van der Waals surface area contributed by atoms with Gasteiger partial charge >= 0.3 is 0 Å². The normalized spacial score (nSPS) is 13.5. The molecule has 0 amide bonds. The van der Waals surface area contributed by atoms with Crippen molar-refractivity contribution in [3.8, 4) is 0 Å². The molecular weight excluding hydrogens is 316 g/mol. The van der Waals surface area contributed by atoms with E-state index in [0.29, 0.717) is 11.4 Å². The molecule has 1 unspecified atom stereocenters. The molecule has 1 atom stereocenters. The predicted molar refractivity (Wildman–Crippen MR) is 91.9 cm³/mol. The van der Waals surface area contributed by atoms with Gasteiger partial charge in [-0.1, -0.05) is 12.1 Å². The number of rotatable bonds is 6. The topological polar surface area (TPSA) is 49.4 Å². The van der Waals surface area contributed by atoms with Gasteiger partial charge in [0.15, 0.2) is 0 Å². The van der Waals surface area contributed by atoms with Crippen LogP contribution in [0.1, 0.15) is 22.0 Å². The van der Waals surface area contributed by atoms with Crippen molar-refractivity contribution >= 4 is 21.4 Å². The molecule has 2 aromatic rings. The van der Waals surface area contributed by atoms with Crippen LogP contribution >= 0.6 is 11.3 Å². The molecule has 0 saturated heterocycles. The van der Waals surface area contributed by atoms with Crippen molar-refractivity contribution in [2.75, 3.05) is 20.6 Å². The van der Waals surface area contributed by atoms with E-state index in [2.05, 4.69) is 4.72 Å². The first-order valence-corrected chi connectivity index (χ1v) is 9.44. The minimum Gasteiger partial charge on any atom is -0.300 e. The molecule has 0 aliphatic heterocycles. The molecule has 0 fully saturated rings. The minimum absolute atomic E-state index is 0.0290. The van der Waals surface area contributed by atoms with E-state index in [1.165, 1.54) is 0 Å². The molecule has 1 aromatic heterocycles. The molecular formula is C16H22N2O2S2. The Balaban J connectivity index is 2.16. The minimum atomic E-state index is -3.49. The molecule has 0 bridgehead atoms. The number of nitrogens with zero attached hydrogens (tertiary/aromatic N) is 1. The van der Waals surface area contributed by atoms with Gasteiger partial charge in [-0.2, -0.15) is 0 Å². The van der Waals surface area contributed by atoms with Gasteiger partial charge in [0.1, 0.15) is 0 Å². The summed E-state index contributed by atoms with van der Waals surface area (Å²) in [5, 5.41) is 2.00. The van der Waals surface area contributed by atoms with Crippen LogP contribution in [0.25, 0.3) is 0 Å². The van der Waals surface area contributed by atoms with Gasteiger partial charge in [-0.05, 0) is 62.6 Å². The van der Waals surface area contributed by atoms with E-state index in [-0.39, 0.29) is 6.04 Å². The Morgan fingerprint density at radius 1 is 1.18 bits per heavy atom. The zero-order valence-corrected chi connectivity index (χ0v) is 15.0. The Morgan fingerprint density at radius 2 is 1.91 bits per heavy atom. The van der Waals surface area contributed by atoms with Gasteiger partial charge < -0.3 is 4.90 Å². The largest absolute Gasteiger partial charge is 0.300 e. The number of likely N-dealkylation sites (N-methyl/N-ethyl adjacent to an activating group) is 1. The van der Waals surface area contributed by atoms with Crippen molar-refractivity contribution in [3.63, 3.8) is 0 Å². The van der Waals surface area contributed by atoms with Crippen molar-refractivity contribution in [2.45, 2.75) is 24.8 Å². The van der Waals surface area contributed by atoms with Gasteiger partial charge in [0, 0.05) is 11.4 Å². The lowest BCUT2D eigenvalue weighted by Gasteiger charge is -2.23. The first-order valence-electron chi connectivity index (χ1n) is 7.08. The fourth-order valence-corrected chi connectivity index (χ4v) is 4.22. The predicted octanol–water partition coefficient (Wildman–Crippen LogP) is 2.95. The van der Waals surface area contributed by atoms with E-state index < -0.39 is 10.0 Å². The third-order valence-electron chi connectivity index (χ3n) is 3.75. The molecule has 4 nitrogen and oxygen atoms in total. The highest BCUT2D eigenvalue weighted by molar-refractivity contribution is 7.89. The highest BCUT2D eigenvalue weighted by Crippen LogP contribution is 2.23. The molecule has 0 aliphatic carbocycles. The van der Waals surface area contributed by atoms with Crippen molar-refractivity contribution in [1.82, 2.24) is 9.62 Å². The van der Waals surface area contributed by atoms with Gasteiger partial charge in [0.25, 0.3) is 0 Å². The van der Waals surface area contributed by atoms with E-state index in [9.17, 15) is 8.42 Å². The second kappa shape index (κ2) is 6.91. The van der Waals surface area contributed by atoms with Gasteiger partial charge in [-0.15, -0.1) is 11.3 Å². The number of benzene rings is 1. The lowest BCUT2D eigenvalue weighted by atomic mass is 10.1. The van der Waals surface area contributed by atoms with E-state index in [0.717, 1.165) is 16.0 Å². The highest BCUT2D eigenvalue weighted by Gasteiger charge is 2.20. The zero-order valence-electron chi connectivity index (χ0n) is 13.3. The Labute approximate surface area is 136 Å². The molecule has 1 N–H and O–H groups in total. The molecule has 120 valence electrons. The summed E-state index contributed by atoms with van der Waals surface area (Å²) in [5.74, 6) is 0. The van der Waals surface area contributed by atoms with Crippen LogP contribution in [0.4, 0.5) is 0 Å². The van der Waals surface area contributed by atoms with Crippen LogP contribution < -0.4 is 4.72 Å². The Kier molecular flexibility index (Phi) is 5.39. The summed E-state index contributed by atoms with van der Waals surface area (Å²) in [6.07, 6.45) is 0. The first-order chi connectivity index (χ1) is 10.3. The van der Waals surface area contributed by atoms with Crippen molar-refractivity contribution < 1.29 is 8.42 Å². The number of hydrogen-bond acceptors (Lipinski definition) is 4. The standard InChI is InChI=1S/C16H22N2O2S2/c1-12-7-8-14(10-13(12)2)22(19,20)17-11-15(18(3)4)16-6-5-9-21-16/h5-10,15,17H,11H2,1-4H3.